The van der Waals surface area contributed by atoms with Gasteiger partial charge in [0, 0.05) is 5.75 Å². The van der Waals surface area contributed by atoms with Gasteiger partial charge in [-0.05, 0) is 0 Å². The lowest BCUT2D eigenvalue weighted by Gasteiger charge is -2.04. The second kappa shape index (κ2) is 5.32. The van der Waals surface area contributed by atoms with Crippen molar-refractivity contribution in [2.24, 2.45) is 5.73 Å². The molecule has 0 aromatic rings. The molecule has 0 saturated heterocycles. The predicted molar refractivity (Wildman–Crippen MR) is 42.9 cm³/mol. The van der Waals surface area contributed by atoms with E-state index in [0.717, 1.165) is 0 Å². The first-order chi connectivity index (χ1) is 4.66. The Bertz CT molecular complexity index is 127. The number of thioether (sulfide) groups is 1. The molecule has 1 unspecified atom stereocenters. The van der Waals surface area contributed by atoms with E-state index in [0.29, 0.717) is 5.75 Å². The highest BCUT2D eigenvalue weighted by molar-refractivity contribution is 8.00. The van der Waals surface area contributed by atoms with Gasteiger partial charge < -0.3 is 10.8 Å². The summed E-state index contributed by atoms with van der Waals surface area (Å²) in [6.45, 7) is 3.49. The molecule has 0 fully saturated rings. The predicted octanol–water partition coefficient (Wildman–Crippen LogP) is 0.665. The fourth-order valence-electron chi connectivity index (χ4n) is 0.423. The van der Waals surface area contributed by atoms with Gasteiger partial charge in [-0.15, -0.1) is 18.3 Å². The Balaban J connectivity index is 3.33. The van der Waals surface area contributed by atoms with Crippen LogP contribution in [-0.4, -0.2) is 22.2 Å². The first-order valence-electron chi connectivity index (χ1n) is 2.86. The zero-order chi connectivity index (χ0) is 7.98. The molecule has 0 aromatic carbocycles. The van der Waals surface area contributed by atoms with Gasteiger partial charge in [0.05, 0.1) is 11.8 Å². The van der Waals surface area contributed by atoms with Gasteiger partial charge >= 0.3 is 5.97 Å². The second-order valence-electron chi connectivity index (χ2n) is 1.76. The minimum Gasteiger partial charge on any atom is -0.481 e. The summed E-state index contributed by atoms with van der Waals surface area (Å²) in [5, 5.41) is 7.95. The highest BCUT2D eigenvalue weighted by atomic mass is 32.2. The number of nitrogens with two attached hydrogens (primary N) is 1. The van der Waals surface area contributed by atoms with Crippen molar-refractivity contribution in [3.05, 3.63) is 12.7 Å². The molecule has 4 heteroatoms. The van der Waals surface area contributed by atoms with Crippen molar-refractivity contribution in [2.45, 2.75) is 11.8 Å². The summed E-state index contributed by atoms with van der Waals surface area (Å²) in [4.78, 5) is 10.1. The summed E-state index contributed by atoms with van der Waals surface area (Å²) in [7, 11) is 0. The average Bonchev–Trinajstić information content (AvgIpc) is 1.82. The lowest BCUT2D eigenvalue weighted by molar-refractivity contribution is -0.136. The normalized spacial score (nSPS) is 12.5. The molecule has 0 aromatic heterocycles. The number of carbonyl (C=O) groups is 1. The van der Waals surface area contributed by atoms with E-state index in [4.69, 9.17) is 10.8 Å². The first kappa shape index (κ1) is 9.52. The number of carboxylic acid groups (broad SMARTS) is 1. The lowest BCUT2D eigenvalue weighted by atomic mass is 10.4. The Morgan fingerprint density at radius 2 is 2.50 bits per heavy atom. The fraction of sp³-hybridized carbons (Fsp3) is 0.500. The number of hydrogen-bond acceptors (Lipinski definition) is 3. The highest BCUT2D eigenvalue weighted by Gasteiger charge is 2.05. The molecule has 3 nitrogen and oxygen atoms in total. The van der Waals surface area contributed by atoms with E-state index in [1.165, 1.54) is 11.8 Å². The molecule has 0 heterocycles. The molecule has 0 rings (SSSR count). The number of aliphatic carboxylic acids is 1. The van der Waals surface area contributed by atoms with Crippen LogP contribution < -0.4 is 5.73 Å². The van der Waals surface area contributed by atoms with Crippen LogP contribution in [0.15, 0.2) is 12.7 Å². The zero-order valence-electron chi connectivity index (χ0n) is 5.62. The minimum atomic E-state index is -0.857. The van der Waals surface area contributed by atoms with Gasteiger partial charge in [-0.1, -0.05) is 6.08 Å². The van der Waals surface area contributed by atoms with E-state index >= 15 is 0 Å². The molecule has 10 heavy (non-hydrogen) atoms. The summed E-state index contributed by atoms with van der Waals surface area (Å²) in [5.74, 6) is -0.155. The van der Waals surface area contributed by atoms with Crippen LogP contribution in [0.4, 0.5) is 0 Å². The van der Waals surface area contributed by atoms with Crippen molar-refractivity contribution in [3.8, 4) is 0 Å². The molecule has 0 saturated carbocycles. The second-order valence-corrected chi connectivity index (χ2v) is 3.03. The molecule has 3 N–H and O–H groups in total. The van der Waals surface area contributed by atoms with Crippen molar-refractivity contribution in [2.75, 3.05) is 5.75 Å². The van der Waals surface area contributed by atoms with Crippen LogP contribution >= 0.6 is 11.8 Å². The van der Waals surface area contributed by atoms with E-state index in [2.05, 4.69) is 6.58 Å². The Labute approximate surface area is 64.3 Å². The van der Waals surface area contributed by atoms with Crippen molar-refractivity contribution in [3.63, 3.8) is 0 Å². The largest absolute Gasteiger partial charge is 0.481 e. The van der Waals surface area contributed by atoms with Gasteiger partial charge in [0.15, 0.2) is 0 Å². The SMILES string of the molecule is C=CCSC(N)CC(=O)O. The summed E-state index contributed by atoms with van der Waals surface area (Å²) in [6, 6.07) is 0. The molecule has 0 bridgehead atoms. The van der Waals surface area contributed by atoms with E-state index in [1.54, 1.807) is 6.08 Å². The molecule has 1 atom stereocenters. The summed E-state index contributed by atoms with van der Waals surface area (Å²) in [6.07, 6.45) is 1.71. The highest BCUT2D eigenvalue weighted by Crippen LogP contribution is 2.08. The standard InChI is InChI=1S/C6H11NO2S/c1-2-3-10-5(7)4-6(8)9/h2,5H,1,3-4,7H2,(H,8,9). The average molecular weight is 161 g/mol. The van der Waals surface area contributed by atoms with Crippen LogP contribution in [0, 0.1) is 0 Å². The van der Waals surface area contributed by atoms with Gasteiger partial charge in [0.25, 0.3) is 0 Å². The monoisotopic (exact) mass is 161 g/mol. The van der Waals surface area contributed by atoms with Crippen LogP contribution in [0.5, 0.6) is 0 Å². The molecule has 0 aliphatic carbocycles. The van der Waals surface area contributed by atoms with Gasteiger partial charge in [0.2, 0.25) is 0 Å². The molecule has 0 radical (unpaired) electrons. The third kappa shape index (κ3) is 5.65. The molecular weight excluding hydrogens is 150 g/mol. The van der Waals surface area contributed by atoms with Crippen molar-refractivity contribution in [1.29, 1.82) is 0 Å². The maximum absolute atomic E-state index is 10.1. The van der Waals surface area contributed by atoms with Crippen molar-refractivity contribution >= 4 is 17.7 Å². The maximum atomic E-state index is 10.1. The van der Waals surface area contributed by atoms with E-state index in [9.17, 15) is 4.79 Å². The quantitative estimate of drug-likeness (QED) is 0.459. The topological polar surface area (TPSA) is 63.3 Å². The van der Waals surface area contributed by atoms with Gasteiger partial charge in [0.1, 0.15) is 0 Å². The number of hydrogen-bond donors (Lipinski definition) is 2. The van der Waals surface area contributed by atoms with Gasteiger partial charge in [-0.2, -0.15) is 0 Å². The van der Waals surface area contributed by atoms with Crippen LogP contribution in [0.25, 0.3) is 0 Å². The Hall–Kier alpha value is -0.480. The summed E-state index contributed by atoms with van der Waals surface area (Å²) in [5.41, 5.74) is 5.40. The Morgan fingerprint density at radius 1 is 1.90 bits per heavy atom. The van der Waals surface area contributed by atoms with Crippen molar-refractivity contribution in [1.82, 2.24) is 0 Å². The summed E-state index contributed by atoms with van der Waals surface area (Å²) >= 11 is 1.38. The van der Waals surface area contributed by atoms with E-state index < -0.39 is 5.97 Å². The smallest absolute Gasteiger partial charge is 0.305 e. The zero-order valence-corrected chi connectivity index (χ0v) is 6.43. The van der Waals surface area contributed by atoms with Gasteiger partial charge in [-0.3, -0.25) is 4.79 Å². The summed E-state index contributed by atoms with van der Waals surface area (Å²) < 4.78 is 0. The van der Waals surface area contributed by atoms with Crippen LogP contribution in [0.1, 0.15) is 6.42 Å². The van der Waals surface area contributed by atoms with Crippen LogP contribution in [0.2, 0.25) is 0 Å². The third-order valence-corrected chi connectivity index (χ3v) is 1.83. The maximum Gasteiger partial charge on any atom is 0.305 e. The Kier molecular flexibility index (Phi) is 5.06. The van der Waals surface area contributed by atoms with E-state index in [1.807, 2.05) is 0 Å². The Morgan fingerprint density at radius 3 is 2.90 bits per heavy atom. The number of carboxylic acids is 1. The van der Waals surface area contributed by atoms with E-state index in [-0.39, 0.29) is 11.8 Å². The molecular formula is C6H11NO2S. The lowest BCUT2D eigenvalue weighted by Crippen LogP contribution is -2.19. The molecule has 0 amide bonds. The molecule has 0 aliphatic heterocycles. The van der Waals surface area contributed by atoms with Crippen LogP contribution in [-0.2, 0) is 4.79 Å². The molecule has 0 spiro atoms. The molecule has 0 aliphatic rings. The van der Waals surface area contributed by atoms with Crippen LogP contribution in [0.3, 0.4) is 0 Å². The first-order valence-corrected chi connectivity index (χ1v) is 3.91. The minimum absolute atomic E-state index is 0.0124. The molecule has 58 valence electrons. The third-order valence-electron chi connectivity index (χ3n) is 0.804. The fourth-order valence-corrected chi connectivity index (χ4v) is 1.07. The van der Waals surface area contributed by atoms with Crippen molar-refractivity contribution < 1.29 is 9.90 Å². The van der Waals surface area contributed by atoms with Gasteiger partial charge in [-0.25, -0.2) is 0 Å². The number of rotatable bonds is 5.